The predicted molar refractivity (Wildman–Crippen MR) is 113 cm³/mol. The first-order chi connectivity index (χ1) is 13.6. The summed E-state index contributed by atoms with van der Waals surface area (Å²) < 4.78 is 0. The van der Waals surface area contributed by atoms with Gasteiger partial charge in [-0.25, -0.2) is 0 Å². The van der Waals surface area contributed by atoms with Crippen molar-refractivity contribution in [1.29, 1.82) is 0 Å². The van der Waals surface area contributed by atoms with Crippen molar-refractivity contribution in [2.45, 2.75) is 38.6 Å². The number of rotatable bonds is 4. The minimum atomic E-state index is 0.0350. The highest BCUT2D eigenvalue weighted by Crippen LogP contribution is 2.22. The Morgan fingerprint density at radius 3 is 2.68 bits per heavy atom. The number of hydrogen-bond acceptors (Lipinski definition) is 4. The van der Waals surface area contributed by atoms with Crippen molar-refractivity contribution < 1.29 is 4.79 Å². The molecule has 1 amide bonds. The van der Waals surface area contributed by atoms with Gasteiger partial charge in [0.15, 0.2) is 0 Å². The van der Waals surface area contributed by atoms with E-state index >= 15 is 0 Å². The number of carbonyl (C=O) groups excluding carboxylic acids is 1. The Hall–Kier alpha value is -2.95. The maximum absolute atomic E-state index is 13.2. The zero-order valence-electron chi connectivity index (χ0n) is 16.4. The molecule has 1 fully saturated rings. The van der Waals surface area contributed by atoms with E-state index in [4.69, 9.17) is 0 Å². The SMILES string of the molecule is CC(C)c1ccc(N[C@H]2CCCN(C(=O)c3cccc4nccnc34)C2)cc1. The number of para-hydroxylation sites is 1. The van der Waals surface area contributed by atoms with Gasteiger partial charge in [0.2, 0.25) is 0 Å². The molecule has 0 unspecified atom stereocenters. The molecular formula is C23H26N4O. The molecule has 0 spiro atoms. The number of benzene rings is 2. The lowest BCUT2D eigenvalue weighted by atomic mass is 10.0. The second-order valence-electron chi connectivity index (χ2n) is 7.74. The maximum Gasteiger partial charge on any atom is 0.256 e. The minimum absolute atomic E-state index is 0.0350. The van der Waals surface area contributed by atoms with Gasteiger partial charge >= 0.3 is 0 Å². The molecule has 144 valence electrons. The van der Waals surface area contributed by atoms with E-state index in [9.17, 15) is 4.79 Å². The first-order valence-corrected chi connectivity index (χ1v) is 9.97. The van der Waals surface area contributed by atoms with Gasteiger partial charge in [0.25, 0.3) is 5.91 Å². The number of hydrogen-bond donors (Lipinski definition) is 1. The second-order valence-corrected chi connectivity index (χ2v) is 7.74. The van der Waals surface area contributed by atoms with Gasteiger partial charge in [0.05, 0.1) is 11.1 Å². The van der Waals surface area contributed by atoms with Crippen LogP contribution in [0.25, 0.3) is 11.0 Å². The van der Waals surface area contributed by atoms with Crippen LogP contribution in [0, 0.1) is 0 Å². The monoisotopic (exact) mass is 374 g/mol. The first-order valence-electron chi connectivity index (χ1n) is 9.97. The fraction of sp³-hybridized carbons (Fsp3) is 0.348. The molecule has 0 radical (unpaired) electrons. The van der Waals surface area contributed by atoms with Crippen LogP contribution >= 0.6 is 0 Å². The zero-order chi connectivity index (χ0) is 19.5. The van der Waals surface area contributed by atoms with E-state index in [0.29, 0.717) is 23.5 Å². The smallest absolute Gasteiger partial charge is 0.256 e. The summed E-state index contributed by atoms with van der Waals surface area (Å²) in [5.41, 5.74) is 4.51. The lowest BCUT2D eigenvalue weighted by Gasteiger charge is -2.34. The summed E-state index contributed by atoms with van der Waals surface area (Å²) in [6.07, 6.45) is 5.34. The number of carbonyl (C=O) groups is 1. The van der Waals surface area contributed by atoms with Crippen molar-refractivity contribution in [3.8, 4) is 0 Å². The molecule has 2 aromatic carbocycles. The van der Waals surface area contributed by atoms with Crippen molar-refractivity contribution in [2.24, 2.45) is 0 Å². The van der Waals surface area contributed by atoms with Gasteiger partial charge in [-0.1, -0.05) is 32.0 Å². The van der Waals surface area contributed by atoms with Crippen molar-refractivity contribution in [2.75, 3.05) is 18.4 Å². The summed E-state index contributed by atoms with van der Waals surface area (Å²) in [5, 5.41) is 3.60. The molecule has 5 heteroatoms. The number of nitrogens with zero attached hydrogens (tertiary/aromatic N) is 3. The van der Waals surface area contributed by atoms with Crippen molar-refractivity contribution in [3.05, 3.63) is 66.0 Å². The zero-order valence-corrected chi connectivity index (χ0v) is 16.4. The van der Waals surface area contributed by atoms with E-state index < -0.39 is 0 Å². The van der Waals surface area contributed by atoms with E-state index in [-0.39, 0.29) is 11.9 Å². The summed E-state index contributed by atoms with van der Waals surface area (Å²) in [7, 11) is 0. The number of anilines is 1. The Morgan fingerprint density at radius 2 is 1.89 bits per heavy atom. The molecule has 4 rings (SSSR count). The summed E-state index contributed by atoms with van der Waals surface area (Å²) in [4.78, 5) is 23.8. The average molecular weight is 374 g/mol. The highest BCUT2D eigenvalue weighted by molar-refractivity contribution is 6.04. The third-order valence-corrected chi connectivity index (χ3v) is 5.39. The molecule has 1 aliphatic rings. The molecule has 0 bridgehead atoms. The second kappa shape index (κ2) is 7.97. The summed E-state index contributed by atoms with van der Waals surface area (Å²) in [5.74, 6) is 0.563. The van der Waals surface area contributed by atoms with Crippen molar-refractivity contribution >= 4 is 22.6 Å². The number of likely N-dealkylation sites (tertiary alicyclic amines) is 1. The highest BCUT2D eigenvalue weighted by atomic mass is 16.2. The Morgan fingerprint density at radius 1 is 1.11 bits per heavy atom. The maximum atomic E-state index is 13.2. The lowest BCUT2D eigenvalue weighted by Crippen LogP contribution is -2.45. The number of nitrogens with one attached hydrogen (secondary N) is 1. The third kappa shape index (κ3) is 3.84. The number of piperidine rings is 1. The topological polar surface area (TPSA) is 58.1 Å². The number of aromatic nitrogens is 2. The van der Waals surface area contributed by atoms with Crippen LogP contribution < -0.4 is 5.32 Å². The van der Waals surface area contributed by atoms with E-state index in [0.717, 1.165) is 30.6 Å². The molecule has 2 heterocycles. The largest absolute Gasteiger partial charge is 0.381 e. The summed E-state index contributed by atoms with van der Waals surface area (Å²) in [6, 6.07) is 14.5. The molecule has 1 saturated heterocycles. The van der Waals surface area contributed by atoms with Gasteiger partial charge < -0.3 is 10.2 Å². The predicted octanol–water partition coefficient (Wildman–Crippen LogP) is 4.47. The molecule has 3 aromatic rings. The highest BCUT2D eigenvalue weighted by Gasteiger charge is 2.25. The van der Waals surface area contributed by atoms with Crippen LogP contribution in [0.3, 0.4) is 0 Å². The molecule has 0 saturated carbocycles. The third-order valence-electron chi connectivity index (χ3n) is 5.39. The fourth-order valence-electron chi connectivity index (χ4n) is 3.81. The van der Waals surface area contributed by atoms with Gasteiger partial charge in [-0.05, 0) is 48.6 Å². The fourth-order valence-corrected chi connectivity index (χ4v) is 3.81. The van der Waals surface area contributed by atoms with Gasteiger partial charge in [0, 0.05) is 37.2 Å². The quantitative estimate of drug-likeness (QED) is 0.732. The Kier molecular flexibility index (Phi) is 5.24. The van der Waals surface area contributed by atoms with Crippen LogP contribution in [-0.4, -0.2) is 39.9 Å². The van der Waals surface area contributed by atoms with Crippen LogP contribution in [-0.2, 0) is 0 Å². The van der Waals surface area contributed by atoms with E-state index in [1.165, 1.54) is 5.56 Å². The Labute approximate surface area is 165 Å². The molecule has 28 heavy (non-hydrogen) atoms. The van der Waals surface area contributed by atoms with Gasteiger partial charge in [-0.15, -0.1) is 0 Å². The molecule has 0 aliphatic carbocycles. The Bertz CT molecular complexity index is 963. The number of fused-ring (bicyclic) bond motifs is 1. The summed E-state index contributed by atoms with van der Waals surface area (Å²) >= 11 is 0. The first kappa shape index (κ1) is 18.4. The van der Waals surface area contributed by atoms with E-state index in [1.54, 1.807) is 12.4 Å². The van der Waals surface area contributed by atoms with Gasteiger partial charge in [-0.2, -0.15) is 0 Å². The normalized spacial score (nSPS) is 17.1. The van der Waals surface area contributed by atoms with Crippen molar-refractivity contribution in [1.82, 2.24) is 14.9 Å². The minimum Gasteiger partial charge on any atom is -0.381 e. The van der Waals surface area contributed by atoms with Crippen LogP contribution in [0.2, 0.25) is 0 Å². The molecule has 5 nitrogen and oxygen atoms in total. The van der Waals surface area contributed by atoms with Crippen LogP contribution in [0.4, 0.5) is 5.69 Å². The van der Waals surface area contributed by atoms with Crippen LogP contribution in [0.1, 0.15) is 48.5 Å². The molecule has 1 N–H and O–H groups in total. The molecule has 1 aromatic heterocycles. The van der Waals surface area contributed by atoms with Crippen LogP contribution in [0.15, 0.2) is 54.9 Å². The van der Waals surface area contributed by atoms with Crippen molar-refractivity contribution in [3.63, 3.8) is 0 Å². The summed E-state index contributed by atoms with van der Waals surface area (Å²) in [6.45, 7) is 5.87. The van der Waals surface area contributed by atoms with Gasteiger partial charge in [-0.3, -0.25) is 14.8 Å². The number of amides is 1. The molecular weight excluding hydrogens is 348 g/mol. The van der Waals surface area contributed by atoms with Crippen LogP contribution in [0.5, 0.6) is 0 Å². The standard InChI is InChI=1S/C23H26N4O/c1-16(2)17-8-10-18(11-9-17)26-19-5-4-14-27(15-19)23(28)20-6-3-7-21-22(20)25-13-12-24-21/h3,6-13,16,19,26H,4-5,14-15H2,1-2H3/t19-/m0/s1. The van der Waals surface area contributed by atoms with E-state index in [1.807, 2.05) is 23.1 Å². The van der Waals surface area contributed by atoms with Gasteiger partial charge in [0.1, 0.15) is 5.52 Å². The molecule has 1 aliphatic heterocycles. The van der Waals surface area contributed by atoms with E-state index in [2.05, 4.69) is 53.4 Å². The lowest BCUT2D eigenvalue weighted by molar-refractivity contribution is 0.0716. The average Bonchev–Trinajstić information content (AvgIpc) is 2.73. The molecule has 1 atom stereocenters. The Balaban J connectivity index is 1.48.